The first-order valence-corrected chi connectivity index (χ1v) is 10.7. The summed E-state index contributed by atoms with van der Waals surface area (Å²) in [5.74, 6) is -1.24. The van der Waals surface area contributed by atoms with Gasteiger partial charge in [-0.3, -0.25) is 19.2 Å². The first-order valence-electron chi connectivity index (χ1n) is 8.83. The zero-order valence-electron chi connectivity index (χ0n) is 16.6. The first kappa shape index (κ1) is 22.8. The van der Waals surface area contributed by atoms with Crippen molar-refractivity contribution >= 4 is 39.0 Å². The van der Waals surface area contributed by atoms with Crippen molar-refractivity contribution in [3.05, 3.63) is 63.7 Å². The van der Waals surface area contributed by atoms with Crippen LogP contribution in [0.2, 0.25) is 0 Å². The quantitative estimate of drug-likeness (QED) is 0.382. The fraction of sp³-hybridized carbons (Fsp3) is 0.263. The third-order valence-electron chi connectivity index (χ3n) is 4.09. The molecule has 1 N–H and O–H groups in total. The molecular formula is C19H21N3O7S. The van der Waals surface area contributed by atoms with Crippen LogP contribution in [0.5, 0.6) is 0 Å². The van der Waals surface area contributed by atoms with Crippen molar-refractivity contribution in [3.63, 3.8) is 0 Å². The lowest BCUT2D eigenvalue weighted by atomic mass is 10.1. The van der Waals surface area contributed by atoms with E-state index in [4.69, 9.17) is 4.74 Å². The van der Waals surface area contributed by atoms with Gasteiger partial charge in [0.05, 0.1) is 34.6 Å². The van der Waals surface area contributed by atoms with Crippen molar-refractivity contribution in [2.24, 2.45) is 0 Å². The number of ether oxygens (including phenoxy) is 1. The number of nitrogens with zero attached hydrogens (tertiary/aromatic N) is 2. The summed E-state index contributed by atoms with van der Waals surface area (Å²) >= 11 is 0. The smallest absolute Gasteiger partial charge is 0.338 e. The topological polar surface area (TPSA) is 136 Å². The lowest BCUT2D eigenvalue weighted by molar-refractivity contribution is -0.385. The van der Waals surface area contributed by atoms with Crippen LogP contribution in [0.4, 0.5) is 17.1 Å². The molecule has 2 aromatic carbocycles. The minimum Gasteiger partial charge on any atom is -0.462 e. The highest BCUT2D eigenvalue weighted by Gasteiger charge is 2.26. The van der Waals surface area contributed by atoms with Gasteiger partial charge in [0.15, 0.2) is 0 Å². The molecule has 0 heterocycles. The highest BCUT2D eigenvalue weighted by Crippen LogP contribution is 2.29. The van der Waals surface area contributed by atoms with Crippen molar-refractivity contribution in [1.29, 1.82) is 0 Å². The summed E-state index contributed by atoms with van der Waals surface area (Å²) in [6.45, 7) is 2.66. The summed E-state index contributed by atoms with van der Waals surface area (Å²) < 4.78 is 30.3. The van der Waals surface area contributed by atoms with Crippen molar-refractivity contribution < 1.29 is 27.7 Å². The van der Waals surface area contributed by atoms with Crippen LogP contribution in [0, 0.1) is 17.0 Å². The third kappa shape index (κ3) is 5.54. The second-order valence-electron chi connectivity index (χ2n) is 6.30. The van der Waals surface area contributed by atoms with Crippen LogP contribution in [-0.4, -0.2) is 44.6 Å². The van der Waals surface area contributed by atoms with Crippen molar-refractivity contribution in [3.8, 4) is 0 Å². The fourth-order valence-corrected chi connectivity index (χ4v) is 3.64. The van der Waals surface area contributed by atoms with E-state index in [0.29, 0.717) is 0 Å². The summed E-state index contributed by atoms with van der Waals surface area (Å²) in [5, 5.41) is 13.7. The fourth-order valence-electron chi connectivity index (χ4n) is 2.73. The predicted octanol–water partition coefficient (Wildman–Crippen LogP) is 2.48. The van der Waals surface area contributed by atoms with Crippen molar-refractivity contribution in [2.75, 3.05) is 29.0 Å². The number of sulfonamides is 1. The van der Waals surface area contributed by atoms with Gasteiger partial charge in [-0.2, -0.15) is 0 Å². The van der Waals surface area contributed by atoms with Crippen molar-refractivity contribution in [1.82, 2.24) is 0 Å². The molecule has 0 aliphatic heterocycles. The molecule has 0 aromatic heterocycles. The Kier molecular flexibility index (Phi) is 7.11. The molecule has 160 valence electrons. The summed E-state index contributed by atoms with van der Waals surface area (Å²) in [4.78, 5) is 34.9. The number of carbonyl (C=O) groups excluding carboxylic acids is 2. The summed E-state index contributed by atoms with van der Waals surface area (Å²) in [6, 6.07) is 9.98. The number of esters is 1. The Balaban J connectivity index is 2.28. The van der Waals surface area contributed by atoms with Crippen LogP contribution in [0.25, 0.3) is 0 Å². The molecule has 0 radical (unpaired) electrons. The maximum absolute atomic E-state index is 12.5. The maximum atomic E-state index is 12.5. The van der Waals surface area contributed by atoms with Gasteiger partial charge in [-0.25, -0.2) is 13.2 Å². The number of amides is 1. The lowest BCUT2D eigenvalue weighted by Crippen LogP contribution is -2.38. The largest absolute Gasteiger partial charge is 0.462 e. The van der Waals surface area contributed by atoms with Crippen LogP contribution in [0.15, 0.2) is 42.5 Å². The van der Waals surface area contributed by atoms with Gasteiger partial charge in [0.2, 0.25) is 15.9 Å². The van der Waals surface area contributed by atoms with Gasteiger partial charge in [-0.1, -0.05) is 12.1 Å². The van der Waals surface area contributed by atoms with Crippen LogP contribution in [0.3, 0.4) is 0 Å². The van der Waals surface area contributed by atoms with Crippen LogP contribution >= 0.6 is 0 Å². The van der Waals surface area contributed by atoms with Gasteiger partial charge in [0, 0.05) is 11.8 Å². The molecule has 0 aliphatic carbocycles. The molecular weight excluding hydrogens is 414 g/mol. The Morgan fingerprint density at radius 3 is 2.47 bits per heavy atom. The molecule has 0 spiro atoms. The highest BCUT2D eigenvalue weighted by atomic mass is 32.2. The van der Waals surface area contributed by atoms with Crippen molar-refractivity contribution in [2.45, 2.75) is 13.8 Å². The average molecular weight is 435 g/mol. The van der Waals surface area contributed by atoms with Crippen LogP contribution < -0.4 is 9.62 Å². The number of benzene rings is 2. The number of nitrogens with one attached hydrogen (secondary N) is 1. The van der Waals surface area contributed by atoms with E-state index in [-0.39, 0.29) is 34.8 Å². The molecule has 0 atom stereocenters. The summed E-state index contributed by atoms with van der Waals surface area (Å²) in [6.07, 6.45) is 0.903. The molecule has 10 nitrogen and oxygen atoms in total. The molecule has 0 saturated carbocycles. The highest BCUT2D eigenvalue weighted by molar-refractivity contribution is 7.92. The van der Waals surface area contributed by atoms with Gasteiger partial charge in [0.1, 0.15) is 6.54 Å². The maximum Gasteiger partial charge on any atom is 0.338 e. The van der Waals surface area contributed by atoms with E-state index in [0.717, 1.165) is 10.6 Å². The number of rotatable bonds is 8. The number of hydrogen-bond acceptors (Lipinski definition) is 7. The molecule has 0 saturated heterocycles. The van der Waals surface area contributed by atoms with Crippen LogP contribution in [0.1, 0.15) is 22.8 Å². The van der Waals surface area contributed by atoms with E-state index in [1.807, 2.05) is 0 Å². The monoisotopic (exact) mass is 435 g/mol. The van der Waals surface area contributed by atoms with Gasteiger partial charge in [0.25, 0.3) is 5.69 Å². The SMILES string of the molecule is CCOC(=O)c1cccc(NC(=O)CN(c2cccc([N+](=O)[O-])c2C)S(C)(=O)=O)c1. The second-order valence-corrected chi connectivity index (χ2v) is 8.20. The summed E-state index contributed by atoms with van der Waals surface area (Å²) in [5.41, 5.74) is 0.384. The third-order valence-corrected chi connectivity index (χ3v) is 5.21. The normalized spacial score (nSPS) is 10.9. The van der Waals surface area contributed by atoms with E-state index in [2.05, 4.69) is 5.32 Å². The Labute approximate surface area is 173 Å². The van der Waals surface area contributed by atoms with E-state index in [9.17, 15) is 28.1 Å². The number of hydrogen-bond donors (Lipinski definition) is 1. The number of anilines is 2. The molecule has 0 bridgehead atoms. The Hall–Kier alpha value is -3.47. The minimum absolute atomic E-state index is 0.0297. The Morgan fingerprint density at radius 1 is 1.20 bits per heavy atom. The molecule has 0 aliphatic rings. The van der Waals surface area contributed by atoms with E-state index < -0.39 is 33.4 Å². The van der Waals surface area contributed by atoms with Gasteiger partial charge in [-0.05, 0) is 38.1 Å². The van der Waals surface area contributed by atoms with Gasteiger partial charge >= 0.3 is 5.97 Å². The predicted molar refractivity (Wildman–Crippen MR) is 111 cm³/mol. The van der Waals surface area contributed by atoms with E-state index in [1.54, 1.807) is 13.0 Å². The van der Waals surface area contributed by atoms with Gasteiger partial charge in [-0.15, -0.1) is 0 Å². The molecule has 1 amide bonds. The molecule has 11 heteroatoms. The zero-order chi connectivity index (χ0) is 22.5. The molecule has 2 rings (SSSR count). The van der Waals surface area contributed by atoms with Crippen LogP contribution in [-0.2, 0) is 19.6 Å². The molecule has 0 fully saturated rings. The van der Waals surface area contributed by atoms with E-state index >= 15 is 0 Å². The second kappa shape index (κ2) is 9.35. The standard InChI is InChI=1S/C19H21N3O7S/c1-4-29-19(24)14-7-5-8-15(11-14)20-18(23)12-21(30(3,27)28)16-9-6-10-17(13(16)2)22(25)26/h5-11H,4,12H2,1-3H3,(H,20,23). The lowest BCUT2D eigenvalue weighted by Gasteiger charge is -2.23. The minimum atomic E-state index is -3.92. The number of carbonyl (C=O) groups is 2. The zero-order valence-corrected chi connectivity index (χ0v) is 17.4. The average Bonchev–Trinajstić information content (AvgIpc) is 2.66. The number of nitro benzene ring substituents is 1. The number of nitro groups is 1. The first-order chi connectivity index (χ1) is 14.0. The Morgan fingerprint density at radius 2 is 1.87 bits per heavy atom. The molecule has 0 unspecified atom stereocenters. The molecule has 2 aromatic rings. The Bertz CT molecular complexity index is 1080. The van der Waals surface area contributed by atoms with Gasteiger partial charge < -0.3 is 10.1 Å². The van der Waals surface area contributed by atoms with E-state index in [1.165, 1.54) is 43.3 Å². The summed E-state index contributed by atoms with van der Waals surface area (Å²) in [7, 11) is -3.92. The molecule has 30 heavy (non-hydrogen) atoms.